The molecule has 2 aliphatic rings. The van der Waals surface area contributed by atoms with E-state index >= 15 is 0 Å². The predicted molar refractivity (Wildman–Crippen MR) is 113 cm³/mol. The fourth-order valence-corrected chi connectivity index (χ4v) is 5.65. The van der Waals surface area contributed by atoms with E-state index in [1.807, 2.05) is 24.3 Å². The van der Waals surface area contributed by atoms with Crippen LogP contribution in [-0.2, 0) is 20.4 Å². The van der Waals surface area contributed by atoms with Crippen LogP contribution in [0.15, 0.2) is 60.8 Å². The maximum absolute atomic E-state index is 13.2. The predicted octanol–water partition coefficient (Wildman–Crippen LogP) is 2.73. The lowest BCUT2D eigenvalue weighted by molar-refractivity contribution is -0.120. The fourth-order valence-electron chi connectivity index (χ4n) is 4.28. The normalized spacial score (nSPS) is 23.3. The van der Waals surface area contributed by atoms with Gasteiger partial charge in [0, 0.05) is 23.8 Å². The van der Waals surface area contributed by atoms with Crippen molar-refractivity contribution in [2.45, 2.75) is 18.0 Å². The van der Waals surface area contributed by atoms with E-state index in [1.54, 1.807) is 36.5 Å². The molecule has 1 fully saturated rings. The number of hydrogen-bond acceptors (Lipinski definition) is 4. The molecule has 2 N–H and O–H groups in total. The Morgan fingerprint density at radius 3 is 2.87 bits per heavy atom. The van der Waals surface area contributed by atoms with Crippen LogP contribution < -0.4 is 10.0 Å². The van der Waals surface area contributed by atoms with Gasteiger partial charge in [-0.15, -0.1) is 4.31 Å². The highest BCUT2D eigenvalue weighted by molar-refractivity contribution is 7.90. The van der Waals surface area contributed by atoms with Crippen molar-refractivity contribution in [3.05, 3.63) is 77.8 Å². The maximum atomic E-state index is 13.2. The number of fused-ring (bicyclic) bond motifs is 3. The van der Waals surface area contributed by atoms with E-state index in [4.69, 9.17) is 6.57 Å². The van der Waals surface area contributed by atoms with Crippen molar-refractivity contribution in [1.29, 1.82) is 0 Å². The highest BCUT2D eigenvalue weighted by atomic mass is 32.2. The van der Waals surface area contributed by atoms with Gasteiger partial charge in [-0.3, -0.25) is 19.3 Å². The first-order chi connectivity index (χ1) is 14.4. The largest absolute Gasteiger partial charge is 0.325 e. The summed E-state index contributed by atoms with van der Waals surface area (Å²) in [7, 11) is -4.07. The van der Waals surface area contributed by atoms with Crippen molar-refractivity contribution in [2.24, 2.45) is 0 Å². The average Bonchev–Trinajstić information content (AvgIpc) is 3.27. The van der Waals surface area contributed by atoms with E-state index in [-0.39, 0.29) is 18.9 Å². The Kier molecular flexibility index (Phi) is 4.03. The minimum absolute atomic E-state index is 0.0932. The van der Waals surface area contributed by atoms with Gasteiger partial charge >= 0.3 is 10.2 Å². The summed E-state index contributed by atoms with van der Waals surface area (Å²) in [6.07, 6.45) is 0.771. The molecular formula is C21H17N5O3S. The van der Waals surface area contributed by atoms with Crippen LogP contribution >= 0.6 is 0 Å². The molecule has 0 aliphatic carbocycles. The molecule has 30 heavy (non-hydrogen) atoms. The number of amides is 1. The lowest BCUT2D eigenvalue weighted by Gasteiger charge is -2.21. The topological polar surface area (TPSA) is 95.8 Å². The minimum Gasteiger partial charge on any atom is -0.325 e. The number of carbonyl (C=O) groups is 1. The van der Waals surface area contributed by atoms with Crippen LogP contribution in [-0.4, -0.2) is 36.3 Å². The molecule has 3 heterocycles. The zero-order chi connectivity index (χ0) is 20.9. The summed E-state index contributed by atoms with van der Waals surface area (Å²) < 4.78 is 30.0. The molecule has 1 amide bonds. The first kappa shape index (κ1) is 18.5. The molecule has 9 heteroatoms. The Bertz CT molecular complexity index is 1330. The zero-order valence-corrected chi connectivity index (χ0v) is 16.6. The van der Waals surface area contributed by atoms with Gasteiger partial charge < -0.3 is 5.32 Å². The van der Waals surface area contributed by atoms with Crippen LogP contribution in [0.25, 0.3) is 15.7 Å². The quantitative estimate of drug-likeness (QED) is 0.638. The molecule has 2 aliphatic heterocycles. The SMILES string of the molecule is [C-]#[N+][C@@H]1C[C@@]2(CN1S(=O)(=O)Nc1ccc3cccnc3c1)C(=O)Nc1ccccc12. The van der Waals surface area contributed by atoms with E-state index in [2.05, 4.69) is 19.9 Å². The van der Waals surface area contributed by atoms with Gasteiger partial charge in [-0.1, -0.05) is 30.3 Å². The van der Waals surface area contributed by atoms with Gasteiger partial charge in [0.2, 0.25) is 5.91 Å². The molecule has 2 atom stereocenters. The molecule has 0 saturated carbocycles. The number of hydrogen-bond donors (Lipinski definition) is 2. The van der Waals surface area contributed by atoms with Crippen molar-refractivity contribution >= 4 is 38.4 Å². The number of benzene rings is 2. The third-order valence-corrected chi connectivity index (χ3v) is 7.21. The fraction of sp³-hybridized carbons (Fsp3) is 0.190. The van der Waals surface area contributed by atoms with Crippen LogP contribution in [0.1, 0.15) is 12.0 Å². The number of anilines is 2. The Morgan fingerprint density at radius 2 is 2.03 bits per heavy atom. The second-order valence-electron chi connectivity index (χ2n) is 7.46. The van der Waals surface area contributed by atoms with Crippen molar-refractivity contribution < 1.29 is 13.2 Å². The van der Waals surface area contributed by atoms with Crippen LogP contribution in [0, 0.1) is 6.57 Å². The van der Waals surface area contributed by atoms with Crippen molar-refractivity contribution in [3.63, 3.8) is 0 Å². The van der Waals surface area contributed by atoms with Gasteiger partial charge in [-0.05, 0) is 29.8 Å². The third-order valence-electron chi connectivity index (χ3n) is 5.73. The minimum atomic E-state index is -4.07. The highest BCUT2D eigenvalue weighted by Gasteiger charge is 2.60. The average molecular weight is 419 g/mol. The molecule has 0 bridgehead atoms. The second kappa shape index (κ2) is 6.52. The molecule has 0 unspecified atom stereocenters. The first-order valence-electron chi connectivity index (χ1n) is 9.35. The summed E-state index contributed by atoms with van der Waals surface area (Å²) in [5, 5.41) is 3.71. The van der Waals surface area contributed by atoms with Gasteiger partial charge in [-0.2, -0.15) is 8.42 Å². The Hall–Kier alpha value is -3.48. The van der Waals surface area contributed by atoms with Gasteiger partial charge in [0.25, 0.3) is 6.17 Å². The Balaban J connectivity index is 1.49. The number of aromatic nitrogens is 1. The summed E-state index contributed by atoms with van der Waals surface area (Å²) >= 11 is 0. The number of carbonyl (C=O) groups excluding carboxylic acids is 1. The molecule has 150 valence electrons. The zero-order valence-electron chi connectivity index (χ0n) is 15.7. The Labute approximate surface area is 173 Å². The van der Waals surface area contributed by atoms with Crippen LogP contribution in [0.4, 0.5) is 11.4 Å². The summed E-state index contributed by atoms with van der Waals surface area (Å²) in [6.45, 7) is 7.45. The monoisotopic (exact) mass is 419 g/mol. The summed E-state index contributed by atoms with van der Waals surface area (Å²) in [6, 6.07) is 16.0. The summed E-state index contributed by atoms with van der Waals surface area (Å²) in [5.41, 5.74) is 1.34. The number of pyridine rings is 1. The number of rotatable bonds is 3. The van der Waals surface area contributed by atoms with E-state index in [1.165, 1.54) is 0 Å². The van der Waals surface area contributed by atoms with Crippen LogP contribution in [0.3, 0.4) is 0 Å². The molecule has 3 aromatic rings. The van der Waals surface area contributed by atoms with E-state index < -0.39 is 21.8 Å². The van der Waals surface area contributed by atoms with Crippen molar-refractivity contribution in [3.8, 4) is 0 Å². The third kappa shape index (κ3) is 2.73. The molecule has 1 spiro atoms. The lowest BCUT2D eigenvalue weighted by Crippen LogP contribution is -2.42. The van der Waals surface area contributed by atoms with Crippen molar-refractivity contribution in [1.82, 2.24) is 9.29 Å². The van der Waals surface area contributed by atoms with E-state index in [9.17, 15) is 13.2 Å². The summed E-state index contributed by atoms with van der Waals surface area (Å²) in [4.78, 5) is 20.6. The molecule has 8 nitrogen and oxygen atoms in total. The van der Waals surface area contributed by atoms with E-state index in [0.717, 1.165) is 15.3 Å². The number of para-hydroxylation sites is 1. The van der Waals surface area contributed by atoms with Crippen molar-refractivity contribution in [2.75, 3.05) is 16.6 Å². The van der Waals surface area contributed by atoms with Crippen LogP contribution in [0.5, 0.6) is 0 Å². The number of nitrogens with one attached hydrogen (secondary N) is 2. The molecular weight excluding hydrogens is 402 g/mol. The Morgan fingerprint density at radius 1 is 1.20 bits per heavy atom. The molecule has 1 aromatic heterocycles. The maximum Gasteiger partial charge on any atom is 0.307 e. The van der Waals surface area contributed by atoms with Gasteiger partial charge in [0.15, 0.2) is 0 Å². The molecule has 1 saturated heterocycles. The summed E-state index contributed by atoms with van der Waals surface area (Å²) in [5.74, 6) is -0.273. The lowest BCUT2D eigenvalue weighted by atomic mass is 9.80. The van der Waals surface area contributed by atoms with Gasteiger partial charge in [0.1, 0.15) is 0 Å². The second-order valence-corrected chi connectivity index (χ2v) is 9.08. The first-order valence-corrected chi connectivity index (χ1v) is 10.8. The molecule has 5 rings (SSSR count). The highest BCUT2D eigenvalue weighted by Crippen LogP contribution is 2.47. The smallest absolute Gasteiger partial charge is 0.307 e. The van der Waals surface area contributed by atoms with Gasteiger partial charge in [0.05, 0.1) is 23.0 Å². The standard InChI is InChI=1S/C21H17N5O3S/c1-22-19-12-21(16-6-2-3-7-17(16)24-20(21)27)13-26(19)30(28,29)25-15-9-8-14-5-4-10-23-18(14)11-15/h2-11,19,25H,12-13H2,(H,24,27)/t19-,21-/m0/s1. The number of nitrogens with zero attached hydrogens (tertiary/aromatic N) is 3. The van der Waals surface area contributed by atoms with E-state index in [0.29, 0.717) is 16.9 Å². The van der Waals surface area contributed by atoms with Gasteiger partial charge in [-0.25, -0.2) is 6.57 Å². The molecule has 0 radical (unpaired) electrons. The van der Waals surface area contributed by atoms with Crippen LogP contribution in [0.2, 0.25) is 0 Å². The molecule has 2 aromatic carbocycles.